The van der Waals surface area contributed by atoms with Crippen LogP contribution in [0.5, 0.6) is 0 Å². The van der Waals surface area contributed by atoms with E-state index in [2.05, 4.69) is 29.0 Å². The van der Waals surface area contributed by atoms with Crippen LogP contribution in [0.1, 0.15) is 19.8 Å². The Bertz CT molecular complexity index is 201. The molecule has 1 rings (SSSR count). The fourth-order valence-electron chi connectivity index (χ4n) is 1.59. The highest BCUT2D eigenvalue weighted by Gasteiger charge is 2.09. The molecule has 1 aliphatic heterocycles. The summed E-state index contributed by atoms with van der Waals surface area (Å²) in [4.78, 5) is 2.42. The molecule has 0 aliphatic carbocycles. The molecule has 86 valence electrons. The highest BCUT2D eigenvalue weighted by Crippen LogP contribution is 1.87. The molecule has 3 nitrogen and oxygen atoms in total. The molecule has 0 saturated carbocycles. The minimum atomic E-state index is 0.786. The van der Waals surface area contributed by atoms with E-state index in [1.807, 2.05) is 0 Å². The zero-order chi connectivity index (χ0) is 10.8. The molecule has 0 radical (unpaired) electrons. The van der Waals surface area contributed by atoms with Crippen molar-refractivity contribution < 1.29 is 10.1 Å². The van der Waals surface area contributed by atoms with Crippen molar-refractivity contribution in [1.82, 2.24) is 4.90 Å². The Morgan fingerprint density at radius 1 is 1.20 bits per heavy atom. The van der Waals surface area contributed by atoms with Gasteiger partial charge in [-0.25, -0.2) is 0 Å². The van der Waals surface area contributed by atoms with Gasteiger partial charge in [0.2, 0.25) is 0 Å². The van der Waals surface area contributed by atoms with Gasteiger partial charge in [-0.05, 0) is 6.42 Å². The number of ether oxygens (including phenoxy) is 1. The fourth-order valence-corrected chi connectivity index (χ4v) is 1.59. The van der Waals surface area contributed by atoms with Crippen molar-refractivity contribution in [1.29, 1.82) is 0 Å². The van der Waals surface area contributed by atoms with Gasteiger partial charge in [0.25, 0.3) is 0 Å². The largest absolute Gasteiger partial charge is 0.380 e. The Kier molecular flexibility index (Phi) is 7.28. The molecule has 0 atom stereocenters. The Labute approximate surface area is 93.2 Å². The van der Waals surface area contributed by atoms with Gasteiger partial charge >= 0.3 is 0 Å². The van der Waals surface area contributed by atoms with Crippen molar-refractivity contribution in [2.45, 2.75) is 19.8 Å². The number of rotatable bonds is 5. The van der Waals surface area contributed by atoms with E-state index < -0.39 is 0 Å². The van der Waals surface area contributed by atoms with Crippen LogP contribution in [0.3, 0.4) is 0 Å². The lowest BCUT2D eigenvalue weighted by atomic mass is 10.3. The Hall–Kier alpha value is -0.560. The van der Waals surface area contributed by atoms with Gasteiger partial charge in [0, 0.05) is 26.1 Å². The minimum Gasteiger partial charge on any atom is -0.380 e. The van der Waals surface area contributed by atoms with Crippen LogP contribution in [-0.4, -0.2) is 50.8 Å². The van der Waals surface area contributed by atoms with Crippen molar-refractivity contribution in [2.24, 2.45) is 0 Å². The summed E-state index contributed by atoms with van der Waals surface area (Å²) in [6.07, 6.45) is 1.97. The standard InChI is InChI=1S/C12H22N2O/c1-2-11-15-12-5-3-4-8-14-9-6-13-7-10-14/h13H,2,5-12H2,1H3/p+1. The smallest absolute Gasteiger partial charge is 0.0885 e. The molecule has 0 aromatic heterocycles. The predicted octanol–water partition coefficient (Wildman–Crippen LogP) is -0.314. The third-order valence-corrected chi connectivity index (χ3v) is 2.45. The van der Waals surface area contributed by atoms with E-state index in [0.29, 0.717) is 0 Å². The third-order valence-electron chi connectivity index (χ3n) is 2.45. The van der Waals surface area contributed by atoms with Gasteiger partial charge in [-0.15, -0.1) is 0 Å². The van der Waals surface area contributed by atoms with Crippen LogP contribution >= 0.6 is 0 Å². The summed E-state index contributed by atoms with van der Waals surface area (Å²) in [5, 5.41) is 2.36. The molecule has 15 heavy (non-hydrogen) atoms. The quantitative estimate of drug-likeness (QED) is 0.499. The van der Waals surface area contributed by atoms with E-state index in [1.165, 1.54) is 26.2 Å². The number of nitrogens with two attached hydrogens (primary N) is 1. The minimum absolute atomic E-state index is 0.786. The highest BCUT2D eigenvalue weighted by atomic mass is 16.5. The van der Waals surface area contributed by atoms with Gasteiger partial charge in [0.05, 0.1) is 26.2 Å². The Balaban J connectivity index is 1.95. The van der Waals surface area contributed by atoms with Crippen molar-refractivity contribution in [3.63, 3.8) is 0 Å². The average molecular weight is 211 g/mol. The lowest BCUT2D eigenvalue weighted by Gasteiger charge is -2.22. The molecule has 0 spiro atoms. The normalized spacial score (nSPS) is 17.1. The zero-order valence-electron chi connectivity index (χ0n) is 9.80. The third kappa shape index (κ3) is 6.51. The number of nitrogens with zero attached hydrogens (tertiary/aromatic N) is 1. The lowest BCUT2D eigenvalue weighted by molar-refractivity contribution is -0.663. The summed E-state index contributed by atoms with van der Waals surface area (Å²) in [6.45, 7) is 9.52. The van der Waals surface area contributed by atoms with Crippen LogP contribution in [0, 0.1) is 11.8 Å². The highest BCUT2D eigenvalue weighted by molar-refractivity contribution is 5.01. The van der Waals surface area contributed by atoms with Gasteiger partial charge in [-0.2, -0.15) is 0 Å². The molecular weight excluding hydrogens is 188 g/mol. The first-order valence-electron chi connectivity index (χ1n) is 6.01. The number of quaternary nitrogens is 1. The van der Waals surface area contributed by atoms with Crippen LogP contribution in [0.15, 0.2) is 0 Å². The van der Waals surface area contributed by atoms with Crippen LogP contribution in [0.2, 0.25) is 0 Å². The Morgan fingerprint density at radius 2 is 2.00 bits per heavy atom. The second kappa shape index (κ2) is 8.72. The van der Waals surface area contributed by atoms with E-state index in [1.54, 1.807) is 0 Å². The van der Waals surface area contributed by atoms with Gasteiger partial charge in [0.15, 0.2) is 0 Å². The first-order valence-corrected chi connectivity index (χ1v) is 6.01. The number of piperazine rings is 1. The van der Waals surface area contributed by atoms with E-state index in [0.717, 1.165) is 32.6 Å². The summed E-state index contributed by atoms with van der Waals surface area (Å²) in [5.74, 6) is 6.38. The summed E-state index contributed by atoms with van der Waals surface area (Å²) in [5.41, 5.74) is 0. The summed E-state index contributed by atoms with van der Waals surface area (Å²) < 4.78 is 5.35. The molecule has 1 aliphatic rings. The maximum Gasteiger partial charge on any atom is 0.0885 e. The monoisotopic (exact) mass is 211 g/mol. The molecule has 0 unspecified atom stereocenters. The molecule has 1 fully saturated rings. The second-order valence-corrected chi connectivity index (χ2v) is 3.86. The summed E-state index contributed by atoms with van der Waals surface area (Å²) in [7, 11) is 0. The number of hydrogen-bond acceptors (Lipinski definition) is 2. The summed E-state index contributed by atoms with van der Waals surface area (Å²) >= 11 is 0. The molecule has 3 heteroatoms. The van der Waals surface area contributed by atoms with Crippen LogP contribution < -0.4 is 5.32 Å². The van der Waals surface area contributed by atoms with E-state index in [9.17, 15) is 0 Å². The van der Waals surface area contributed by atoms with Crippen LogP contribution in [0.4, 0.5) is 0 Å². The second-order valence-electron chi connectivity index (χ2n) is 3.86. The molecule has 0 bridgehead atoms. The fraction of sp³-hybridized carbons (Fsp3) is 0.833. The molecule has 0 aromatic rings. The number of hydrogen-bond donors (Lipinski definition) is 1. The SMILES string of the molecule is CCCOCCC#CCN1CC[NH2+]CC1. The molecule has 0 aromatic carbocycles. The molecule has 1 heterocycles. The van der Waals surface area contributed by atoms with Crippen molar-refractivity contribution in [3.05, 3.63) is 0 Å². The van der Waals surface area contributed by atoms with Crippen LogP contribution in [0.25, 0.3) is 0 Å². The molecular formula is C12H23N2O+. The van der Waals surface area contributed by atoms with E-state index in [-0.39, 0.29) is 0 Å². The van der Waals surface area contributed by atoms with Crippen LogP contribution in [-0.2, 0) is 4.74 Å². The zero-order valence-corrected chi connectivity index (χ0v) is 9.80. The van der Waals surface area contributed by atoms with Gasteiger partial charge in [0.1, 0.15) is 0 Å². The topological polar surface area (TPSA) is 29.1 Å². The first-order chi connectivity index (χ1) is 7.43. The average Bonchev–Trinajstić information content (AvgIpc) is 2.29. The lowest BCUT2D eigenvalue weighted by Crippen LogP contribution is -2.89. The molecule has 0 amide bonds. The predicted molar refractivity (Wildman–Crippen MR) is 61.6 cm³/mol. The van der Waals surface area contributed by atoms with E-state index >= 15 is 0 Å². The summed E-state index contributed by atoms with van der Waals surface area (Å²) in [6, 6.07) is 0. The van der Waals surface area contributed by atoms with Gasteiger partial charge < -0.3 is 10.1 Å². The molecule has 1 saturated heterocycles. The Morgan fingerprint density at radius 3 is 2.73 bits per heavy atom. The first kappa shape index (κ1) is 12.5. The van der Waals surface area contributed by atoms with Crippen molar-refractivity contribution in [2.75, 3.05) is 45.9 Å². The maximum absolute atomic E-state index is 5.35. The van der Waals surface area contributed by atoms with Gasteiger partial charge in [-0.1, -0.05) is 18.8 Å². The van der Waals surface area contributed by atoms with Gasteiger partial charge in [-0.3, -0.25) is 4.90 Å². The van der Waals surface area contributed by atoms with E-state index in [4.69, 9.17) is 4.74 Å². The maximum atomic E-state index is 5.35. The molecule has 2 N–H and O–H groups in total. The van der Waals surface area contributed by atoms with Crippen molar-refractivity contribution >= 4 is 0 Å². The van der Waals surface area contributed by atoms with Crippen molar-refractivity contribution in [3.8, 4) is 11.8 Å².